The molecule has 0 bridgehead atoms. The van der Waals surface area contributed by atoms with Gasteiger partial charge >= 0.3 is 12.0 Å². The quantitative estimate of drug-likeness (QED) is 0.569. The van der Waals surface area contributed by atoms with Crippen LogP contribution in [0.15, 0.2) is 0 Å². The van der Waals surface area contributed by atoms with Gasteiger partial charge in [-0.3, -0.25) is 14.9 Å². The zero-order chi connectivity index (χ0) is 15.2. The lowest BCUT2D eigenvalue weighted by Gasteiger charge is -2.28. The van der Waals surface area contributed by atoms with E-state index in [1.54, 1.807) is 0 Å². The van der Waals surface area contributed by atoms with Gasteiger partial charge < -0.3 is 15.7 Å². The maximum atomic E-state index is 11.6. The standard InChI is InChI=1S/C14H23N3O4/c18-12(17-14(21)16-10-5-6-10)8-15-7-9-3-1-2-4-11(9)13(19)20/h9-11,15H,1-8H2,(H,19,20)(H2,16,17,18,21). The van der Waals surface area contributed by atoms with Gasteiger partial charge in [0.05, 0.1) is 12.5 Å². The highest BCUT2D eigenvalue weighted by atomic mass is 16.4. The Morgan fingerprint density at radius 3 is 2.43 bits per heavy atom. The second kappa shape index (κ2) is 7.40. The summed E-state index contributed by atoms with van der Waals surface area (Å²) in [6.45, 7) is 0.523. The van der Waals surface area contributed by atoms with E-state index in [1.807, 2.05) is 0 Å². The van der Waals surface area contributed by atoms with Gasteiger partial charge in [-0.05, 0) is 38.1 Å². The fraction of sp³-hybridized carbons (Fsp3) is 0.786. The Labute approximate surface area is 123 Å². The van der Waals surface area contributed by atoms with Gasteiger partial charge in [0.2, 0.25) is 5.91 Å². The van der Waals surface area contributed by atoms with Crippen molar-refractivity contribution in [2.45, 2.75) is 44.6 Å². The van der Waals surface area contributed by atoms with Crippen molar-refractivity contribution in [3.63, 3.8) is 0 Å². The molecule has 0 saturated heterocycles. The first kappa shape index (κ1) is 15.8. The van der Waals surface area contributed by atoms with Crippen LogP contribution in [0.4, 0.5) is 4.79 Å². The molecule has 0 aliphatic heterocycles. The second-order valence-electron chi connectivity index (χ2n) is 5.92. The van der Waals surface area contributed by atoms with Crippen LogP contribution in [-0.2, 0) is 9.59 Å². The number of urea groups is 1. The molecule has 4 N–H and O–H groups in total. The number of nitrogens with one attached hydrogen (secondary N) is 3. The van der Waals surface area contributed by atoms with Gasteiger partial charge in [-0.25, -0.2) is 4.79 Å². The molecule has 21 heavy (non-hydrogen) atoms. The van der Waals surface area contributed by atoms with E-state index in [1.165, 1.54) is 0 Å². The fourth-order valence-electron chi connectivity index (χ4n) is 2.77. The van der Waals surface area contributed by atoms with Crippen LogP contribution >= 0.6 is 0 Å². The predicted octanol–water partition coefficient (Wildman–Crippen LogP) is 0.455. The van der Waals surface area contributed by atoms with Crippen LogP contribution in [0.2, 0.25) is 0 Å². The summed E-state index contributed by atoms with van der Waals surface area (Å²) in [5.41, 5.74) is 0. The van der Waals surface area contributed by atoms with Crippen molar-refractivity contribution in [3.8, 4) is 0 Å². The minimum Gasteiger partial charge on any atom is -0.481 e. The molecule has 0 aromatic rings. The molecule has 2 rings (SSSR count). The minimum atomic E-state index is -0.755. The molecule has 2 saturated carbocycles. The van der Waals surface area contributed by atoms with Gasteiger partial charge in [0.25, 0.3) is 0 Å². The molecular weight excluding hydrogens is 274 g/mol. The summed E-state index contributed by atoms with van der Waals surface area (Å²) in [5, 5.41) is 17.0. The molecule has 0 aromatic carbocycles. The molecule has 2 aliphatic carbocycles. The van der Waals surface area contributed by atoms with E-state index in [2.05, 4.69) is 16.0 Å². The van der Waals surface area contributed by atoms with Gasteiger partial charge in [0.1, 0.15) is 0 Å². The van der Waals surface area contributed by atoms with Crippen molar-refractivity contribution in [3.05, 3.63) is 0 Å². The molecule has 118 valence electrons. The van der Waals surface area contributed by atoms with Crippen LogP contribution in [0, 0.1) is 11.8 Å². The van der Waals surface area contributed by atoms with E-state index in [0.717, 1.165) is 32.1 Å². The Hall–Kier alpha value is -1.63. The zero-order valence-corrected chi connectivity index (χ0v) is 12.1. The van der Waals surface area contributed by atoms with Crippen LogP contribution in [-0.4, -0.2) is 42.1 Å². The molecule has 0 aromatic heterocycles. The molecule has 3 amide bonds. The summed E-state index contributed by atoms with van der Waals surface area (Å²) in [7, 11) is 0. The molecule has 0 heterocycles. The van der Waals surface area contributed by atoms with Crippen molar-refractivity contribution in [2.75, 3.05) is 13.1 Å². The number of carboxylic acids is 1. The number of aliphatic carboxylic acids is 1. The number of rotatable bonds is 6. The van der Waals surface area contributed by atoms with E-state index in [0.29, 0.717) is 13.0 Å². The molecule has 7 nitrogen and oxygen atoms in total. The number of amides is 3. The predicted molar refractivity (Wildman–Crippen MR) is 75.6 cm³/mol. The van der Waals surface area contributed by atoms with Crippen molar-refractivity contribution >= 4 is 17.9 Å². The Bertz CT molecular complexity index is 409. The Kier molecular flexibility index (Phi) is 5.55. The third-order valence-corrected chi connectivity index (χ3v) is 4.08. The second-order valence-corrected chi connectivity index (χ2v) is 5.92. The molecule has 2 aliphatic rings. The molecule has 0 spiro atoms. The SMILES string of the molecule is O=C(CNCC1CCCCC1C(=O)O)NC(=O)NC1CC1. The van der Waals surface area contributed by atoms with E-state index < -0.39 is 17.9 Å². The first-order chi connectivity index (χ1) is 10.1. The highest BCUT2D eigenvalue weighted by molar-refractivity contribution is 5.95. The Morgan fingerprint density at radius 2 is 1.76 bits per heavy atom. The summed E-state index contributed by atoms with van der Waals surface area (Å²) in [6.07, 6.45) is 5.50. The fourth-order valence-corrected chi connectivity index (χ4v) is 2.77. The van der Waals surface area contributed by atoms with Gasteiger partial charge in [-0.1, -0.05) is 12.8 Å². The average Bonchev–Trinajstić information content (AvgIpc) is 3.22. The van der Waals surface area contributed by atoms with Crippen molar-refractivity contribution in [1.82, 2.24) is 16.0 Å². The molecule has 0 radical (unpaired) electrons. The third kappa shape index (κ3) is 5.34. The third-order valence-electron chi connectivity index (χ3n) is 4.08. The van der Waals surface area contributed by atoms with E-state index in [-0.39, 0.29) is 24.4 Å². The Balaban J connectivity index is 1.63. The number of hydrogen-bond donors (Lipinski definition) is 4. The largest absolute Gasteiger partial charge is 0.481 e. The topological polar surface area (TPSA) is 108 Å². The summed E-state index contributed by atoms with van der Waals surface area (Å²) < 4.78 is 0. The van der Waals surface area contributed by atoms with E-state index in [9.17, 15) is 14.4 Å². The number of carbonyl (C=O) groups excluding carboxylic acids is 2. The van der Waals surface area contributed by atoms with E-state index >= 15 is 0 Å². The van der Waals surface area contributed by atoms with Crippen LogP contribution < -0.4 is 16.0 Å². The van der Waals surface area contributed by atoms with Crippen LogP contribution in [0.3, 0.4) is 0 Å². The summed E-state index contributed by atoms with van der Waals surface area (Å²) in [6, 6.07) is -0.241. The molecule has 7 heteroatoms. The molecular formula is C14H23N3O4. The number of carboxylic acid groups (broad SMARTS) is 1. The number of hydrogen-bond acceptors (Lipinski definition) is 4. The van der Waals surface area contributed by atoms with Crippen molar-refractivity contribution < 1.29 is 19.5 Å². The van der Waals surface area contributed by atoms with E-state index in [4.69, 9.17) is 5.11 Å². The van der Waals surface area contributed by atoms with Crippen LogP contribution in [0.1, 0.15) is 38.5 Å². The van der Waals surface area contributed by atoms with Gasteiger partial charge in [-0.2, -0.15) is 0 Å². The lowest BCUT2D eigenvalue weighted by molar-refractivity contribution is -0.144. The lowest BCUT2D eigenvalue weighted by atomic mass is 9.79. The van der Waals surface area contributed by atoms with Crippen molar-refractivity contribution in [1.29, 1.82) is 0 Å². The summed E-state index contributed by atoms with van der Waals surface area (Å²) in [5.74, 6) is -1.41. The van der Waals surface area contributed by atoms with Gasteiger partial charge in [-0.15, -0.1) is 0 Å². The maximum absolute atomic E-state index is 11.6. The summed E-state index contributed by atoms with van der Waals surface area (Å²) in [4.78, 5) is 34.1. The minimum absolute atomic E-state index is 0.0287. The lowest BCUT2D eigenvalue weighted by Crippen LogP contribution is -2.45. The van der Waals surface area contributed by atoms with Crippen molar-refractivity contribution in [2.24, 2.45) is 11.8 Å². The maximum Gasteiger partial charge on any atom is 0.321 e. The molecule has 2 atom stereocenters. The van der Waals surface area contributed by atoms with Crippen LogP contribution in [0.5, 0.6) is 0 Å². The highest BCUT2D eigenvalue weighted by Crippen LogP contribution is 2.29. The average molecular weight is 297 g/mol. The number of imide groups is 1. The monoisotopic (exact) mass is 297 g/mol. The van der Waals surface area contributed by atoms with Gasteiger partial charge in [0.15, 0.2) is 0 Å². The molecule has 2 unspecified atom stereocenters. The first-order valence-electron chi connectivity index (χ1n) is 7.60. The first-order valence-corrected chi connectivity index (χ1v) is 7.60. The smallest absolute Gasteiger partial charge is 0.321 e. The summed E-state index contributed by atoms with van der Waals surface area (Å²) >= 11 is 0. The number of carbonyl (C=O) groups is 3. The zero-order valence-electron chi connectivity index (χ0n) is 12.1. The molecule has 2 fully saturated rings. The normalized spacial score (nSPS) is 25.1. The van der Waals surface area contributed by atoms with Crippen LogP contribution in [0.25, 0.3) is 0 Å². The van der Waals surface area contributed by atoms with Gasteiger partial charge in [0, 0.05) is 6.04 Å². The Morgan fingerprint density at radius 1 is 1.05 bits per heavy atom. The highest BCUT2D eigenvalue weighted by Gasteiger charge is 2.30.